The van der Waals surface area contributed by atoms with E-state index in [1.165, 1.54) is 0 Å². The van der Waals surface area contributed by atoms with Crippen molar-refractivity contribution in [2.24, 2.45) is 0 Å². The molecule has 0 aliphatic carbocycles. The third-order valence-electron chi connectivity index (χ3n) is 3.52. The van der Waals surface area contributed by atoms with Crippen LogP contribution in [0.25, 0.3) is 0 Å². The second kappa shape index (κ2) is 10.3. The van der Waals surface area contributed by atoms with Gasteiger partial charge in [-0.2, -0.15) is 0 Å². The van der Waals surface area contributed by atoms with Gasteiger partial charge in [-0.3, -0.25) is 4.79 Å². The zero-order chi connectivity index (χ0) is 13.9. The van der Waals surface area contributed by atoms with Crippen molar-refractivity contribution in [3.63, 3.8) is 0 Å². The number of ether oxygens (including phenoxy) is 1. The Morgan fingerprint density at radius 3 is 2.33 bits per heavy atom. The molecule has 2 N–H and O–H groups in total. The first-order valence-electron chi connectivity index (χ1n) is 7.15. The molecule has 0 saturated carbocycles. The summed E-state index contributed by atoms with van der Waals surface area (Å²) in [4.78, 5) is 11.1. The van der Waals surface area contributed by atoms with E-state index in [4.69, 9.17) is 4.74 Å². The Morgan fingerprint density at radius 2 is 1.83 bits per heavy atom. The van der Waals surface area contributed by atoms with Gasteiger partial charge in [0.15, 0.2) is 0 Å². The van der Waals surface area contributed by atoms with E-state index >= 15 is 0 Å². The molecular weight excluding hydrogens is 230 g/mol. The lowest BCUT2D eigenvalue weighted by Gasteiger charge is -2.31. The van der Waals surface area contributed by atoms with E-state index in [9.17, 15) is 9.90 Å². The van der Waals surface area contributed by atoms with Crippen LogP contribution >= 0.6 is 0 Å². The molecule has 0 aromatic rings. The second-order valence-electron chi connectivity index (χ2n) is 4.69. The maximum absolute atomic E-state index is 11.1. The van der Waals surface area contributed by atoms with Gasteiger partial charge in [-0.15, -0.1) is 0 Å². The summed E-state index contributed by atoms with van der Waals surface area (Å²) in [7, 11) is 0. The molecule has 0 spiro atoms. The highest BCUT2D eigenvalue weighted by molar-refractivity contribution is 5.69. The van der Waals surface area contributed by atoms with E-state index in [-0.39, 0.29) is 18.1 Å². The first-order valence-corrected chi connectivity index (χ1v) is 7.15. The van der Waals surface area contributed by atoms with Gasteiger partial charge in [-0.25, -0.2) is 0 Å². The van der Waals surface area contributed by atoms with Crippen LogP contribution in [0.4, 0.5) is 0 Å². The molecule has 0 aliphatic heterocycles. The van der Waals surface area contributed by atoms with Gasteiger partial charge in [0.1, 0.15) is 0 Å². The highest BCUT2D eigenvalue weighted by atomic mass is 16.5. The number of esters is 1. The molecule has 0 atom stereocenters. The van der Waals surface area contributed by atoms with Gasteiger partial charge in [0, 0.05) is 12.0 Å². The molecule has 18 heavy (non-hydrogen) atoms. The normalized spacial score (nSPS) is 11.6. The van der Waals surface area contributed by atoms with Crippen molar-refractivity contribution < 1.29 is 14.6 Å². The third-order valence-corrected chi connectivity index (χ3v) is 3.52. The van der Waals surface area contributed by atoms with Gasteiger partial charge in [-0.05, 0) is 39.2 Å². The van der Waals surface area contributed by atoms with Crippen molar-refractivity contribution in [2.75, 3.05) is 19.8 Å². The van der Waals surface area contributed by atoms with Crippen LogP contribution in [-0.4, -0.2) is 36.4 Å². The molecule has 4 nitrogen and oxygen atoms in total. The number of aliphatic hydroxyl groups excluding tert-OH is 1. The summed E-state index contributed by atoms with van der Waals surface area (Å²) in [6.07, 6.45) is 5.30. The number of nitrogens with one attached hydrogen (secondary N) is 1. The predicted molar refractivity (Wildman–Crippen MR) is 73.5 cm³/mol. The fraction of sp³-hybridized carbons (Fsp3) is 0.929. The van der Waals surface area contributed by atoms with E-state index in [1.54, 1.807) is 0 Å². The van der Waals surface area contributed by atoms with Crippen molar-refractivity contribution >= 4 is 5.97 Å². The summed E-state index contributed by atoms with van der Waals surface area (Å²) in [5.41, 5.74) is -0.124. The maximum Gasteiger partial charge on any atom is 0.305 e. The van der Waals surface area contributed by atoms with Gasteiger partial charge < -0.3 is 15.2 Å². The van der Waals surface area contributed by atoms with Crippen LogP contribution in [0.2, 0.25) is 0 Å². The molecule has 0 fully saturated rings. The van der Waals surface area contributed by atoms with Crippen molar-refractivity contribution in [1.29, 1.82) is 0 Å². The first-order chi connectivity index (χ1) is 8.64. The number of unbranched alkanes of at least 4 members (excludes halogenated alkanes) is 2. The summed E-state index contributed by atoms with van der Waals surface area (Å²) in [5.74, 6) is -0.0997. The van der Waals surface area contributed by atoms with Crippen molar-refractivity contribution in [2.45, 2.75) is 64.8 Å². The molecule has 0 aromatic heterocycles. The van der Waals surface area contributed by atoms with Gasteiger partial charge >= 0.3 is 5.97 Å². The molecule has 0 aromatic carbocycles. The molecular formula is C14H29NO3. The number of rotatable bonds is 11. The van der Waals surface area contributed by atoms with Crippen molar-refractivity contribution in [3.05, 3.63) is 0 Å². The number of aliphatic hydroxyl groups is 1. The Hall–Kier alpha value is -0.610. The van der Waals surface area contributed by atoms with E-state index in [0.717, 1.165) is 38.6 Å². The molecule has 0 amide bonds. The molecule has 0 heterocycles. The minimum absolute atomic E-state index is 0.0997. The van der Waals surface area contributed by atoms with Crippen molar-refractivity contribution in [3.8, 4) is 0 Å². The van der Waals surface area contributed by atoms with Crippen LogP contribution in [0.3, 0.4) is 0 Å². The van der Waals surface area contributed by atoms with Crippen molar-refractivity contribution in [1.82, 2.24) is 5.32 Å². The standard InChI is InChI=1S/C14H29NO3/c1-4-14(5-2,12-16)15-11-9-7-8-10-13(17)18-6-3/h15-16H,4-12H2,1-3H3. The van der Waals surface area contributed by atoms with E-state index in [2.05, 4.69) is 19.2 Å². The fourth-order valence-electron chi connectivity index (χ4n) is 1.94. The molecule has 0 saturated heterocycles. The van der Waals surface area contributed by atoms with Crippen LogP contribution in [0.15, 0.2) is 0 Å². The highest BCUT2D eigenvalue weighted by Gasteiger charge is 2.23. The Labute approximate surface area is 111 Å². The van der Waals surface area contributed by atoms with E-state index in [0.29, 0.717) is 13.0 Å². The minimum atomic E-state index is -0.124. The maximum atomic E-state index is 11.1. The SMILES string of the molecule is CCOC(=O)CCCCCNC(CC)(CC)CO. The summed E-state index contributed by atoms with van der Waals surface area (Å²) >= 11 is 0. The lowest BCUT2D eigenvalue weighted by Crippen LogP contribution is -2.47. The quantitative estimate of drug-likeness (QED) is 0.441. The lowest BCUT2D eigenvalue weighted by molar-refractivity contribution is -0.143. The second-order valence-corrected chi connectivity index (χ2v) is 4.69. The lowest BCUT2D eigenvalue weighted by atomic mass is 9.94. The molecule has 0 radical (unpaired) electrons. The molecule has 0 rings (SSSR count). The van der Waals surface area contributed by atoms with Crippen LogP contribution in [0.5, 0.6) is 0 Å². The Bertz CT molecular complexity index is 207. The van der Waals surface area contributed by atoms with Gasteiger partial charge in [-0.1, -0.05) is 20.3 Å². The van der Waals surface area contributed by atoms with Gasteiger partial charge in [0.05, 0.1) is 13.2 Å². The fourth-order valence-corrected chi connectivity index (χ4v) is 1.94. The average molecular weight is 259 g/mol. The van der Waals surface area contributed by atoms with Crippen LogP contribution < -0.4 is 5.32 Å². The van der Waals surface area contributed by atoms with E-state index in [1.807, 2.05) is 6.92 Å². The number of carbonyl (C=O) groups is 1. The number of hydrogen-bond donors (Lipinski definition) is 2. The van der Waals surface area contributed by atoms with Gasteiger partial charge in [0.2, 0.25) is 0 Å². The van der Waals surface area contributed by atoms with E-state index < -0.39 is 0 Å². The summed E-state index contributed by atoms with van der Waals surface area (Å²) < 4.78 is 4.87. The summed E-state index contributed by atoms with van der Waals surface area (Å²) in [5, 5.41) is 12.8. The monoisotopic (exact) mass is 259 g/mol. The minimum Gasteiger partial charge on any atom is -0.466 e. The van der Waals surface area contributed by atoms with Crippen LogP contribution in [-0.2, 0) is 9.53 Å². The topological polar surface area (TPSA) is 58.6 Å². The Kier molecular flexibility index (Phi) is 9.98. The highest BCUT2D eigenvalue weighted by Crippen LogP contribution is 2.14. The zero-order valence-electron chi connectivity index (χ0n) is 12.1. The Morgan fingerprint density at radius 1 is 1.17 bits per heavy atom. The zero-order valence-corrected chi connectivity index (χ0v) is 12.1. The molecule has 4 heteroatoms. The molecule has 0 unspecified atom stereocenters. The largest absolute Gasteiger partial charge is 0.466 e. The van der Waals surface area contributed by atoms with Crippen LogP contribution in [0.1, 0.15) is 59.3 Å². The average Bonchev–Trinajstić information content (AvgIpc) is 2.39. The van der Waals surface area contributed by atoms with Gasteiger partial charge in [0.25, 0.3) is 0 Å². The third kappa shape index (κ3) is 6.97. The molecule has 0 bridgehead atoms. The predicted octanol–water partition coefficient (Wildman–Crippen LogP) is 2.25. The molecule has 0 aliphatic rings. The first kappa shape index (κ1) is 17.4. The Balaban J connectivity index is 3.58. The summed E-state index contributed by atoms with van der Waals surface area (Å²) in [6.45, 7) is 7.55. The number of hydrogen-bond acceptors (Lipinski definition) is 4. The van der Waals surface area contributed by atoms with Crippen LogP contribution in [0, 0.1) is 0 Å². The molecule has 108 valence electrons. The smallest absolute Gasteiger partial charge is 0.305 e. The summed E-state index contributed by atoms with van der Waals surface area (Å²) in [6, 6.07) is 0. The number of carbonyl (C=O) groups excluding carboxylic acids is 1.